The lowest BCUT2D eigenvalue weighted by atomic mass is 10.1. The minimum Gasteiger partial charge on any atom is -0.394 e. The van der Waals surface area contributed by atoms with Crippen molar-refractivity contribution in [3.8, 4) is 11.4 Å². The molecule has 3 N–H and O–H groups in total. The van der Waals surface area contributed by atoms with Gasteiger partial charge in [-0.2, -0.15) is 4.98 Å². The summed E-state index contributed by atoms with van der Waals surface area (Å²) in [6, 6.07) is 15.3. The summed E-state index contributed by atoms with van der Waals surface area (Å²) in [6.45, 7) is -0.166. The Hall–Kier alpha value is -3.90. The molecule has 11 nitrogen and oxygen atoms in total. The highest BCUT2D eigenvalue weighted by Gasteiger charge is 2.19. The lowest BCUT2D eigenvalue weighted by Gasteiger charge is -2.19. The number of benzene rings is 2. The summed E-state index contributed by atoms with van der Waals surface area (Å²) in [5.41, 5.74) is 2.05. The Morgan fingerprint density at radius 2 is 1.82 bits per heavy atom. The fourth-order valence-electron chi connectivity index (χ4n) is 3.17. The van der Waals surface area contributed by atoms with E-state index in [9.17, 15) is 13.5 Å². The molecule has 33 heavy (non-hydrogen) atoms. The average Bonchev–Trinajstić information content (AvgIpc) is 3.23. The Morgan fingerprint density at radius 1 is 1.09 bits per heavy atom. The minimum absolute atomic E-state index is 0.166. The normalized spacial score (nSPS) is 12.3. The van der Waals surface area contributed by atoms with Gasteiger partial charge in [0.1, 0.15) is 5.82 Å². The number of sulfone groups is 1. The van der Waals surface area contributed by atoms with Crippen LogP contribution in [0.1, 0.15) is 11.6 Å². The van der Waals surface area contributed by atoms with E-state index in [1.54, 1.807) is 25.4 Å². The number of anilines is 3. The van der Waals surface area contributed by atoms with Gasteiger partial charge in [0, 0.05) is 25.2 Å². The summed E-state index contributed by atoms with van der Waals surface area (Å²) in [6.07, 6.45) is 2.73. The van der Waals surface area contributed by atoms with Crippen molar-refractivity contribution in [3.05, 3.63) is 66.4 Å². The number of hydrogen-bond donors (Lipinski definition) is 3. The maximum Gasteiger partial charge on any atom is 0.229 e. The van der Waals surface area contributed by atoms with Crippen LogP contribution >= 0.6 is 0 Å². The van der Waals surface area contributed by atoms with E-state index >= 15 is 0 Å². The zero-order valence-electron chi connectivity index (χ0n) is 17.9. The number of hydrogen-bond acceptors (Lipinski definition) is 10. The standard InChI is InChI=1S/C21H22N8O3S/c1-29-20(26-27-28-29)17-12-22-21(23-15-8-10-16(11-9-15)33(2,31)32)25-19(17)24-18(13-30)14-6-4-3-5-7-14/h3-12,18,30H,13H2,1-2H3,(H2,22,23,24,25)/t18-/m1/s1. The van der Waals surface area contributed by atoms with E-state index in [0.29, 0.717) is 22.9 Å². The molecule has 0 aliphatic rings. The number of aliphatic hydroxyl groups is 1. The molecule has 12 heteroatoms. The summed E-state index contributed by atoms with van der Waals surface area (Å²) in [4.78, 5) is 9.15. The lowest BCUT2D eigenvalue weighted by molar-refractivity contribution is 0.276. The van der Waals surface area contributed by atoms with Gasteiger partial charge in [-0.3, -0.25) is 0 Å². The lowest BCUT2D eigenvalue weighted by Crippen LogP contribution is -2.17. The van der Waals surface area contributed by atoms with Crippen molar-refractivity contribution in [3.63, 3.8) is 0 Å². The first kappa shape index (κ1) is 22.3. The van der Waals surface area contributed by atoms with Crippen LogP contribution < -0.4 is 10.6 Å². The Labute approximate surface area is 190 Å². The third-order valence-corrected chi connectivity index (χ3v) is 6.01. The molecule has 4 aromatic rings. The maximum atomic E-state index is 11.7. The van der Waals surface area contributed by atoms with Crippen molar-refractivity contribution < 1.29 is 13.5 Å². The molecule has 0 fully saturated rings. The third-order valence-electron chi connectivity index (χ3n) is 4.88. The van der Waals surface area contributed by atoms with Crippen LogP contribution in [0.5, 0.6) is 0 Å². The molecule has 0 aliphatic heterocycles. The maximum absolute atomic E-state index is 11.7. The molecule has 0 amide bonds. The van der Waals surface area contributed by atoms with Crippen LogP contribution in [0.2, 0.25) is 0 Å². The first-order chi connectivity index (χ1) is 15.8. The van der Waals surface area contributed by atoms with Gasteiger partial charge in [0.05, 0.1) is 23.1 Å². The van der Waals surface area contributed by atoms with Crippen molar-refractivity contribution in [2.45, 2.75) is 10.9 Å². The number of aromatic nitrogens is 6. The van der Waals surface area contributed by atoms with Gasteiger partial charge < -0.3 is 15.7 Å². The molecule has 2 aromatic heterocycles. The minimum atomic E-state index is -3.29. The summed E-state index contributed by atoms with van der Waals surface area (Å²) in [7, 11) is -1.59. The van der Waals surface area contributed by atoms with E-state index in [1.807, 2.05) is 30.3 Å². The number of aliphatic hydroxyl groups excluding tert-OH is 1. The van der Waals surface area contributed by atoms with Crippen molar-refractivity contribution in [1.82, 2.24) is 30.2 Å². The smallest absolute Gasteiger partial charge is 0.229 e. The Bertz CT molecular complexity index is 1340. The Kier molecular flexibility index (Phi) is 6.29. The van der Waals surface area contributed by atoms with Gasteiger partial charge in [-0.15, -0.1) is 5.10 Å². The summed E-state index contributed by atoms with van der Waals surface area (Å²) in [5, 5.41) is 27.9. The number of rotatable bonds is 8. The topological polar surface area (TPSA) is 148 Å². The molecule has 0 saturated carbocycles. The highest BCUT2D eigenvalue weighted by Crippen LogP contribution is 2.28. The van der Waals surface area contributed by atoms with Gasteiger partial charge in [0.25, 0.3) is 0 Å². The second-order valence-corrected chi connectivity index (χ2v) is 9.31. The Balaban J connectivity index is 1.68. The second kappa shape index (κ2) is 9.30. The quantitative estimate of drug-likeness (QED) is 0.352. The Morgan fingerprint density at radius 3 is 2.42 bits per heavy atom. The summed E-state index contributed by atoms with van der Waals surface area (Å²) in [5.74, 6) is 1.14. The largest absolute Gasteiger partial charge is 0.394 e. The van der Waals surface area contributed by atoms with Crippen LogP contribution in [0.15, 0.2) is 65.7 Å². The molecule has 0 spiro atoms. The molecule has 0 aliphatic carbocycles. The van der Waals surface area contributed by atoms with Gasteiger partial charge in [-0.1, -0.05) is 30.3 Å². The van der Waals surface area contributed by atoms with Crippen LogP contribution in [-0.4, -0.2) is 56.6 Å². The summed E-state index contributed by atoms with van der Waals surface area (Å²) >= 11 is 0. The van der Waals surface area contributed by atoms with Crippen LogP contribution in [0, 0.1) is 0 Å². The number of nitrogens with zero attached hydrogens (tertiary/aromatic N) is 6. The molecule has 0 radical (unpaired) electrons. The zero-order valence-corrected chi connectivity index (χ0v) is 18.7. The SMILES string of the molecule is Cn1nnnc1-c1cnc(Nc2ccc(S(C)(=O)=O)cc2)nc1N[C@H](CO)c1ccccc1. The molecule has 2 heterocycles. The van der Waals surface area contributed by atoms with E-state index in [2.05, 4.69) is 36.1 Å². The molecule has 1 atom stereocenters. The highest BCUT2D eigenvalue weighted by molar-refractivity contribution is 7.90. The summed E-state index contributed by atoms with van der Waals surface area (Å²) < 4.78 is 24.9. The molecule has 4 rings (SSSR count). The van der Waals surface area contributed by atoms with Gasteiger partial charge in [0.2, 0.25) is 5.95 Å². The molecule has 0 saturated heterocycles. The molecular weight excluding hydrogens is 444 g/mol. The monoisotopic (exact) mass is 466 g/mol. The van der Waals surface area contributed by atoms with Crippen molar-refractivity contribution >= 4 is 27.3 Å². The van der Waals surface area contributed by atoms with Crippen molar-refractivity contribution in [2.75, 3.05) is 23.5 Å². The van der Waals surface area contributed by atoms with Gasteiger partial charge in [-0.05, 0) is 40.3 Å². The molecule has 0 bridgehead atoms. The molecular formula is C21H22N8O3S. The predicted molar refractivity (Wildman–Crippen MR) is 123 cm³/mol. The average molecular weight is 467 g/mol. The molecule has 170 valence electrons. The van der Waals surface area contributed by atoms with Crippen LogP contribution in [0.4, 0.5) is 17.5 Å². The zero-order chi connectivity index (χ0) is 23.4. The molecule has 0 unspecified atom stereocenters. The van der Waals surface area contributed by atoms with Crippen LogP contribution in [-0.2, 0) is 16.9 Å². The molecule has 2 aromatic carbocycles. The van der Waals surface area contributed by atoms with Crippen LogP contribution in [0.3, 0.4) is 0 Å². The van der Waals surface area contributed by atoms with Crippen molar-refractivity contribution in [2.24, 2.45) is 7.05 Å². The van der Waals surface area contributed by atoms with Gasteiger partial charge in [-0.25, -0.2) is 18.1 Å². The number of nitrogens with one attached hydrogen (secondary N) is 2. The fourth-order valence-corrected chi connectivity index (χ4v) is 3.80. The number of tetrazole rings is 1. The second-order valence-electron chi connectivity index (χ2n) is 7.29. The van der Waals surface area contributed by atoms with Gasteiger partial charge in [0.15, 0.2) is 15.7 Å². The van der Waals surface area contributed by atoms with E-state index in [0.717, 1.165) is 11.8 Å². The fraction of sp³-hybridized carbons (Fsp3) is 0.190. The predicted octanol–water partition coefficient (Wildman–Crippen LogP) is 1.96. The van der Waals surface area contributed by atoms with E-state index in [4.69, 9.17) is 0 Å². The van der Waals surface area contributed by atoms with E-state index in [-0.39, 0.29) is 17.5 Å². The van der Waals surface area contributed by atoms with Crippen LogP contribution in [0.25, 0.3) is 11.4 Å². The highest BCUT2D eigenvalue weighted by atomic mass is 32.2. The first-order valence-electron chi connectivity index (χ1n) is 9.94. The third kappa shape index (κ3) is 5.13. The van der Waals surface area contributed by atoms with E-state index < -0.39 is 15.9 Å². The van der Waals surface area contributed by atoms with Crippen molar-refractivity contribution in [1.29, 1.82) is 0 Å². The van der Waals surface area contributed by atoms with Gasteiger partial charge >= 0.3 is 0 Å². The number of aryl methyl sites for hydroxylation is 1. The van der Waals surface area contributed by atoms with E-state index in [1.165, 1.54) is 16.8 Å². The first-order valence-corrected chi connectivity index (χ1v) is 11.8.